The molecule has 0 saturated heterocycles. The highest BCUT2D eigenvalue weighted by atomic mass is 15.1. The van der Waals surface area contributed by atoms with E-state index in [0.717, 1.165) is 17.0 Å². The van der Waals surface area contributed by atoms with Crippen LogP contribution in [0, 0.1) is 0 Å². The monoisotopic (exact) mass is 326 g/mol. The fourth-order valence-corrected chi connectivity index (χ4v) is 2.35. The standard InChI is InChI=1S/C19H14N6/c1-2-7-14(8-3-1)18-23-16(15-9-4-5-10-20-15)13-17(24-18)25-19-21-11-6-12-22-19/h1-13H,(H,21,22,23,24,25). The number of hydrogen-bond donors (Lipinski definition) is 1. The molecule has 1 N–H and O–H groups in total. The average molecular weight is 326 g/mol. The molecule has 1 aromatic carbocycles. The first kappa shape index (κ1) is 14.9. The Hall–Kier alpha value is -3.67. The highest BCUT2D eigenvalue weighted by molar-refractivity contribution is 5.66. The maximum atomic E-state index is 4.66. The normalized spacial score (nSPS) is 10.4. The van der Waals surface area contributed by atoms with Crippen molar-refractivity contribution in [3.63, 3.8) is 0 Å². The molecule has 0 fully saturated rings. The van der Waals surface area contributed by atoms with Crippen LogP contribution in [-0.4, -0.2) is 24.9 Å². The van der Waals surface area contributed by atoms with Gasteiger partial charge in [0.05, 0.1) is 11.4 Å². The Morgan fingerprint density at radius 3 is 2.16 bits per heavy atom. The summed E-state index contributed by atoms with van der Waals surface area (Å²) < 4.78 is 0. The van der Waals surface area contributed by atoms with Gasteiger partial charge in [0.1, 0.15) is 5.82 Å². The molecule has 6 heteroatoms. The zero-order chi connectivity index (χ0) is 16.9. The third-order valence-electron chi connectivity index (χ3n) is 3.49. The molecule has 0 saturated carbocycles. The van der Waals surface area contributed by atoms with Crippen LogP contribution in [-0.2, 0) is 0 Å². The van der Waals surface area contributed by atoms with E-state index < -0.39 is 0 Å². The maximum absolute atomic E-state index is 4.66. The Morgan fingerprint density at radius 2 is 1.40 bits per heavy atom. The zero-order valence-electron chi connectivity index (χ0n) is 13.2. The van der Waals surface area contributed by atoms with Gasteiger partial charge in [0.2, 0.25) is 5.95 Å². The van der Waals surface area contributed by atoms with Crippen molar-refractivity contribution in [1.29, 1.82) is 0 Å². The summed E-state index contributed by atoms with van der Waals surface area (Å²) in [6.45, 7) is 0. The summed E-state index contributed by atoms with van der Waals surface area (Å²) in [5, 5.41) is 3.12. The number of hydrogen-bond acceptors (Lipinski definition) is 6. The molecule has 0 amide bonds. The number of rotatable bonds is 4. The summed E-state index contributed by atoms with van der Waals surface area (Å²) >= 11 is 0. The summed E-state index contributed by atoms with van der Waals surface area (Å²) in [6, 6.07) is 19.1. The van der Waals surface area contributed by atoms with Crippen molar-refractivity contribution in [2.75, 3.05) is 5.32 Å². The van der Waals surface area contributed by atoms with E-state index >= 15 is 0 Å². The molecule has 0 atom stereocenters. The summed E-state index contributed by atoms with van der Waals surface area (Å²) in [4.78, 5) is 22.0. The number of aromatic nitrogens is 5. The van der Waals surface area contributed by atoms with E-state index in [4.69, 9.17) is 0 Å². The summed E-state index contributed by atoms with van der Waals surface area (Å²) in [5.74, 6) is 1.70. The van der Waals surface area contributed by atoms with Gasteiger partial charge in [-0.3, -0.25) is 4.98 Å². The van der Waals surface area contributed by atoms with Crippen molar-refractivity contribution in [2.24, 2.45) is 0 Å². The Kier molecular flexibility index (Phi) is 4.07. The number of anilines is 2. The molecule has 120 valence electrons. The highest BCUT2D eigenvalue weighted by Crippen LogP contribution is 2.24. The molecule has 0 aliphatic heterocycles. The SMILES string of the molecule is c1ccc(-c2nc(Nc3ncccn3)cc(-c3ccccn3)n2)cc1. The second-order valence-corrected chi connectivity index (χ2v) is 5.24. The minimum Gasteiger partial charge on any atom is -0.309 e. The van der Waals surface area contributed by atoms with E-state index in [9.17, 15) is 0 Å². The number of nitrogens with one attached hydrogen (secondary N) is 1. The second-order valence-electron chi connectivity index (χ2n) is 5.24. The van der Waals surface area contributed by atoms with E-state index in [1.807, 2.05) is 54.6 Å². The third kappa shape index (κ3) is 3.48. The molecule has 3 heterocycles. The maximum Gasteiger partial charge on any atom is 0.228 e. The zero-order valence-corrected chi connectivity index (χ0v) is 13.2. The van der Waals surface area contributed by atoms with E-state index in [-0.39, 0.29) is 0 Å². The summed E-state index contributed by atoms with van der Waals surface area (Å²) in [7, 11) is 0. The molecule has 4 aromatic rings. The van der Waals surface area contributed by atoms with Gasteiger partial charge in [0.25, 0.3) is 0 Å². The Labute approximate surface area is 144 Å². The number of nitrogens with zero attached hydrogens (tertiary/aromatic N) is 5. The Morgan fingerprint density at radius 1 is 0.640 bits per heavy atom. The Balaban J connectivity index is 1.80. The minimum atomic E-state index is 0.479. The van der Waals surface area contributed by atoms with Gasteiger partial charge in [-0.05, 0) is 18.2 Å². The largest absolute Gasteiger partial charge is 0.309 e. The topological polar surface area (TPSA) is 76.5 Å². The van der Waals surface area contributed by atoms with E-state index in [1.165, 1.54) is 0 Å². The van der Waals surface area contributed by atoms with Crippen LogP contribution in [0.1, 0.15) is 0 Å². The van der Waals surface area contributed by atoms with Gasteiger partial charge in [-0.15, -0.1) is 0 Å². The van der Waals surface area contributed by atoms with Crippen molar-refractivity contribution in [1.82, 2.24) is 24.9 Å². The smallest absolute Gasteiger partial charge is 0.228 e. The molecular weight excluding hydrogens is 312 g/mol. The molecule has 0 aliphatic carbocycles. The van der Waals surface area contributed by atoms with E-state index in [0.29, 0.717) is 17.6 Å². The van der Waals surface area contributed by atoms with Gasteiger partial charge in [-0.1, -0.05) is 36.4 Å². The van der Waals surface area contributed by atoms with Crippen molar-refractivity contribution < 1.29 is 0 Å². The van der Waals surface area contributed by atoms with Crippen LogP contribution in [0.3, 0.4) is 0 Å². The van der Waals surface area contributed by atoms with Crippen LogP contribution in [0.4, 0.5) is 11.8 Å². The predicted octanol–water partition coefficient (Wildman–Crippen LogP) is 3.74. The molecule has 4 rings (SSSR count). The lowest BCUT2D eigenvalue weighted by atomic mass is 10.2. The third-order valence-corrected chi connectivity index (χ3v) is 3.49. The molecule has 0 spiro atoms. The lowest BCUT2D eigenvalue weighted by Gasteiger charge is -2.09. The number of benzene rings is 1. The first-order chi connectivity index (χ1) is 12.4. The first-order valence-electron chi connectivity index (χ1n) is 7.78. The molecule has 0 unspecified atom stereocenters. The van der Waals surface area contributed by atoms with Crippen molar-refractivity contribution in [3.05, 3.63) is 79.3 Å². The van der Waals surface area contributed by atoms with Crippen LogP contribution in [0.5, 0.6) is 0 Å². The molecule has 0 bridgehead atoms. The molecule has 25 heavy (non-hydrogen) atoms. The van der Waals surface area contributed by atoms with E-state index in [1.54, 1.807) is 24.7 Å². The molecule has 3 aromatic heterocycles. The van der Waals surface area contributed by atoms with Crippen LogP contribution >= 0.6 is 0 Å². The van der Waals surface area contributed by atoms with Crippen molar-refractivity contribution >= 4 is 11.8 Å². The van der Waals surface area contributed by atoms with Crippen LogP contribution in [0.25, 0.3) is 22.8 Å². The molecular formula is C19H14N6. The van der Waals surface area contributed by atoms with Crippen LogP contribution in [0.15, 0.2) is 79.3 Å². The highest BCUT2D eigenvalue weighted by Gasteiger charge is 2.10. The van der Waals surface area contributed by atoms with Gasteiger partial charge in [0, 0.05) is 30.2 Å². The summed E-state index contributed by atoms with van der Waals surface area (Å²) in [5.41, 5.74) is 2.43. The van der Waals surface area contributed by atoms with Gasteiger partial charge < -0.3 is 5.32 Å². The van der Waals surface area contributed by atoms with Gasteiger partial charge in [0.15, 0.2) is 5.82 Å². The molecule has 0 aliphatic rings. The average Bonchev–Trinajstić information content (AvgIpc) is 2.70. The minimum absolute atomic E-state index is 0.479. The molecule has 6 nitrogen and oxygen atoms in total. The van der Waals surface area contributed by atoms with Crippen LogP contribution in [0.2, 0.25) is 0 Å². The number of pyridine rings is 1. The second kappa shape index (κ2) is 6.84. The quantitative estimate of drug-likeness (QED) is 0.615. The predicted molar refractivity (Wildman–Crippen MR) is 96.0 cm³/mol. The first-order valence-corrected chi connectivity index (χ1v) is 7.78. The van der Waals surface area contributed by atoms with Crippen molar-refractivity contribution in [2.45, 2.75) is 0 Å². The molecule has 0 radical (unpaired) electrons. The van der Waals surface area contributed by atoms with Gasteiger partial charge in [-0.25, -0.2) is 19.9 Å². The summed E-state index contributed by atoms with van der Waals surface area (Å²) in [6.07, 6.45) is 5.09. The Bertz CT molecular complexity index is 901. The lowest BCUT2D eigenvalue weighted by Crippen LogP contribution is -2.02. The van der Waals surface area contributed by atoms with Crippen LogP contribution < -0.4 is 5.32 Å². The fourth-order valence-electron chi connectivity index (χ4n) is 2.35. The lowest BCUT2D eigenvalue weighted by molar-refractivity contribution is 1.12. The van der Waals surface area contributed by atoms with Gasteiger partial charge in [-0.2, -0.15) is 0 Å². The van der Waals surface area contributed by atoms with E-state index in [2.05, 4.69) is 30.2 Å². The van der Waals surface area contributed by atoms with Crippen molar-refractivity contribution in [3.8, 4) is 22.8 Å². The van der Waals surface area contributed by atoms with Gasteiger partial charge >= 0.3 is 0 Å². The fraction of sp³-hybridized carbons (Fsp3) is 0.